The van der Waals surface area contributed by atoms with Crippen LogP contribution in [0.4, 0.5) is 5.82 Å². The van der Waals surface area contributed by atoms with Crippen LogP contribution in [-0.2, 0) is 17.6 Å². The second kappa shape index (κ2) is 3.47. The van der Waals surface area contributed by atoms with Crippen molar-refractivity contribution in [3.63, 3.8) is 0 Å². The summed E-state index contributed by atoms with van der Waals surface area (Å²) in [6, 6.07) is 0. The second-order valence-corrected chi connectivity index (χ2v) is 3.25. The van der Waals surface area contributed by atoms with Gasteiger partial charge in [0.2, 0.25) is 5.28 Å². The number of ether oxygens (including phenoxy) is 1. The molecule has 0 amide bonds. The minimum atomic E-state index is 0.221. The van der Waals surface area contributed by atoms with Crippen LogP contribution in [0.5, 0.6) is 0 Å². The number of fused-ring (bicyclic) bond motifs is 1. The van der Waals surface area contributed by atoms with Crippen LogP contribution in [0, 0.1) is 0 Å². The van der Waals surface area contributed by atoms with Gasteiger partial charge in [0, 0.05) is 18.4 Å². The second-order valence-electron chi connectivity index (χ2n) is 2.92. The van der Waals surface area contributed by atoms with Crippen LogP contribution in [-0.4, -0.2) is 23.2 Å². The summed E-state index contributed by atoms with van der Waals surface area (Å²) in [7, 11) is 0. The maximum Gasteiger partial charge on any atom is 0.224 e. The lowest BCUT2D eigenvalue weighted by molar-refractivity contribution is 0.146. The Labute approximate surface area is 81.1 Å². The van der Waals surface area contributed by atoms with Crippen molar-refractivity contribution in [2.24, 2.45) is 0 Å². The molecule has 0 bridgehead atoms. The van der Waals surface area contributed by atoms with E-state index in [1.165, 1.54) is 0 Å². The molecule has 1 aromatic heterocycles. The summed E-state index contributed by atoms with van der Waals surface area (Å²) in [4.78, 5) is 8.03. The average molecular weight is 200 g/mol. The standard InChI is InChI=1S/C8H10ClN3O/c9-8-11-6-2-4-13-3-1-5(6)7(10)12-8/h1-4H2,(H2,10,11,12). The number of anilines is 1. The fourth-order valence-corrected chi connectivity index (χ4v) is 1.64. The lowest BCUT2D eigenvalue weighted by atomic mass is 10.1. The highest BCUT2D eigenvalue weighted by Crippen LogP contribution is 2.19. The van der Waals surface area contributed by atoms with Crippen LogP contribution < -0.4 is 5.73 Å². The third kappa shape index (κ3) is 1.73. The van der Waals surface area contributed by atoms with Crippen molar-refractivity contribution >= 4 is 17.4 Å². The predicted octanol–water partition coefficient (Wildman–Crippen LogP) is 0.827. The molecule has 2 rings (SSSR count). The third-order valence-corrected chi connectivity index (χ3v) is 2.25. The summed E-state index contributed by atoms with van der Waals surface area (Å²) in [5, 5.41) is 0.221. The zero-order valence-corrected chi connectivity index (χ0v) is 7.84. The zero-order chi connectivity index (χ0) is 9.26. The Kier molecular flexibility index (Phi) is 2.33. The van der Waals surface area contributed by atoms with Gasteiger partial charge in [-0.1, -0.05) is 0 Å². The molecule has 13 heavy (non-hydrogen) atoms. The van der Waals surface area contributed by atoms with Crippen LogP contribution in [0.3, 0.4) is 0 Å². The molecular weight excluding hydrogens is 190 g/mol. The van der Waals surface area contributed by atoms with E-state index in [1.807, 2.05) is 0 Å². The molecule has 2 N–H and O–H groups in total. The molecule has 0 aromatic carbocycles. The van der Waals surface area contributed by atoms with Gasteiger partial charge in [-0.05, 0) is 11.6 Å². The normalized spacial score (nSPS) is 16.4. The average Bonchev–Trinajstić information content (AvgIpc) is 2.28. The van der Waals surface area contributed by atoms with Gasteiger partial charge in [0.05, 0.1) is 18.9 Å². The third-order valence-electron chi connectivity index (χ3n) is 2.08. The van der Waals surface area contributed by atoms with Gasteiger partial charge in [-0.3, -0.25) is 0 Å². The first-order valence-electron chi connectivity index (χ1n) is 4.16. The van der Waals surface area contributed by atoms with E-state index in [-0.39, 0.29) is 5.28 Å². The van der Waals surface area contributed by atoms with Crippen molar-refractivity contribution in [1.29, 1.82) is 0 Å². The molecule has 0 saturated carbocycles. The van der Waals surface area contributed by atoms with Crippen LogP contribution in [0.1, 0.15) is 11.3 Å². The van der Waals surface area contributed by atoms with Crippen molar-refractivity contribution in [2.75, 3.05) is 18.9 Å². The van der Waals surface area contributed by atoms with Crippen molar-refractivity contribution in [3.8, 4) is 0 Å². The summed E-state index contributed by atoms with van der Waals surface area (Å²) in [5.41, 5.74) is 7.63. The van der Waals surface area contributed by atoms with E-state index < -0.39 is 0 Å². The van der Waals surface area contributed by atoms with Gasteiger partial charge in [-0.25, -0.2) is 9.97 Å². The molecule has 1 aromatic rings. The quantitative estimate of drug-likeness (QED) is 0.629. The molecule has 2 heterocycles. The van der Waals surface area contributed by atoms with E-state index in [4.69, 9.17) is 22.1 Å². The Morgan fingerprint density at radius 1 is 1.23 bits per heavy atom. The maximum absolute atomic E-state index is 5.72. The van der Waals surface area contributed by atoms with E-state index in [9.17, 15) is 0 Å². The molecule has 0 saturated heterocycles. The van der Waals surface area contributed by atoms with Gasteiger partial charge in [0.15, 0.2) is 0 Å². The number of nitrogens with zero attached hydrogens (tertiary/aromatic N) is 2. The Bertz CT molecular complexity index is 329. The molecule has 5 heteroatoms. The smallest absolute Gasteiger partial charge is 0.224 e. The molecule has 0 radical (unpaired) electrons. The van der Waals surface area contributed by atoms with E-state index >= 15 is 0 Å². The molecule has 4 nitrogen and oxygen atoms in total. The SMILES string of the molecule is Nc1nc(Cl)nc2c1CCOCC2. The van der Waals surface area contributed by atoms with Gasteiger partial charge in [-0.15, -0.1) is 0 Å². The highest BCUT2D eigenvalue weighted by Gasteiger charge is 2.14. The van der Waals surface area contributed by atoms with Crippen LogP contribution in [0.25, 0.3) is 0 Å². The molecule has 0 spiro atoms. The minimum Gasteiger partial charge on any atom is -0.383 e. The fourth-order valence-electron chi connectivity index (χ4n) is 1.44. The van der Waals surface area contributed by atoms with Crippen molar-refractivity contribution in [2.45, 2.75) is 12.8 Å². The molecule has 1 aliphatic heterocycles. The lowest BCUT2D eigenvalue weighted by Crippen LogP contribution is -2.05. The first-order chi connectivity index (χ1) is 6.27. The highest BCUT2D eigenvalue weighted by atomic mass is 35.5. The number of nitrogen functional groups attached to an aromatic ring is 1. The summed E-state index contributed by atoms with van der Waals surface area (Å²) in [6.07, 6.45) is 1.54. The van der Waals surface area contributed by atoms with Crippen molar-refractivity contribution in [1.82, 2.24) is 9.97 Å². The number of hydrogen-bond acceptors (Lipinski definition) is 4. The molecule has 0 aliphatic carbocycles. The number of nitrogens with two attached hydrogens (primary N) is 1. The monoisotopic (exact) mass is 199 g/mol. The Morgan fingerprint density at radius 3 is 2.85 bits per heavy atom. The van der Waals surface area contributed by atoms with E-state index in [1.54, 1.807) is 0 Å². The van der Waals surface area contributed by atoms with Crippen LogP contribution >= 0.6 is 11.6 Å². The summed E-state index contributed by atoms with van der Waals surface area (Å²) >= 11 is 5.69. The van der Waals surface area contributed by atoms with Gasteiger partial charge in [-0.2, -0.15) is 0 Å². The van der Waals surface area contributed by atoms with Gasteiger partial charge in [0.1, 0.15) is 5.82 Å². The summed E-state index contributed by atoms with van der Waals surface area (Å²) < 4.78 is 5.31. The minimum absolute atomic E-state index is 0.221. The van der Waals surface area contributed by atoms with Crippen molar-refractivity contribution in [3.05, 3.63) is 16.5 Å². The number of aromatic nitrogens is 2. The van der Waals surface area contributed by atoms with Gasteiger partial charge in [0.25, 0.3) is 0 Å². The fraction of sp³-hybridized carbons (Fsp3) is 0.500. The van der Waals surface area contributed by atoms with Crippen LogP contribution in [0.15, 0.2) is 0 Å². The first kappa shape index (κ1) is 8.72. The number of halogens is 1. The largest absolute Gasteiger partial charge is 0.383 e. The molecule has 0 atom stereocenters. The molecule has 70 valence electrons. The Hall–Kier alpha value is -0.870. The molecule has 1 aliphatic rings. The topological polar surface area (TPSA) is 61.0 Å². The van der Waals surface area contributed by atoms with Gasteiger partial charge < -0.3 is 10.5 Å². The van der Waals surface area contributed by atoms with Gasteiger partial charge >= 0.3 is 0 Å². The molecule has 0 unspecified atom stereocenters. The Morgan fingerprint density at radius 2 is 2.00 bits per heavy atom. The summed E-state index contributed by atoms with van der Waals surface area (Å²) in [6.45, 7) is 1.36. The zero-order valence-electron chi connectivity index (χ0n) is 7.09. The number of rotatable bonds is 0. The lowest BCUT2D eigenvalue weighted by Gasteiger charge is -2.05. The van der Waals surface area contributed by atoms with E-state index in [0.717, 1.165) is 24.1 Å². The maximum atomic E-state index is 5.72. The highest BCUT2D eigenvalue weighted by molar-refractivity contribution is 6.28. The Balaban J connectivity index is 2.47. The molecule has 0 fully saturated rings. The molecular formula is C8H10ClN3O. The van der Waals surface area contributed by atoms with E-state index in [0.29, 0.717) is 19.0 Å². The number of hydrogen-bond donors (Lipinski definition) is 1. The first-order valence-corrected chi connectivity index (χ1v) is 4.53. The van der Waals surface area contributed by atoms with Crippen LogP contribution in [0.2, 0.25) is 5.28 Å². The van der Waals surface area contributed by atoms with E-state index in [2.05, 4.69) is 9.97 Å². The summed E-state index contributed by atoms with van der Waals surface area (Å²) in [5.74, 6) is 0.487. The van der Waals surface area contributed by atoms with Crippen molar-refractivity contribution < 1.29 is 4.74 Å². The predicted molar refractivity (Wildman–Crippen MR) is 49.7 cm³/mol.